The van der Waals surface area contributed by atoms with E-state index in [1.807, 2.05) is 6.92 Å². The van der Waals surface area contributed by atoms with Crippen LogP contribution in [0.15, 0.2) is 5.38 Å². The minimum atomic E-state index is 0.174. The smallest absolute Gasteiger partial charge is 0.0587 e. The fraction of sp³-hybridized carbons (Fsp3) is 0.692. The maximum absolute atomic E-state index is 6.20. The molecule has 0 amide bonds. The minimum Gasteiger partial charge on any atom is -0.311 e. The molecule has 0 aliphatic carbocycles. The van der Waals surface area contributed by atoms with E-state index in [0.717, 1.165) is 18.1 Å². The van der Waals surface area contributed by atoms with Gasteiger partial charge in [-0.2, -0.15) is 0 Å². The Bertz CT molecular complexity index is 355. The van der Waals surface area contributed by atoms with Crippen LogP contribution in [0.3, 0.4) is 0 Å². The molecule has 0 bridgehead atoms. The van der Waals surface area contributed by atoms with E-state index in [1.54, 1.807) is 11.3 Å². The van der Waals surface area contributed by atoms with Gasteiger partial charge in [0.05, 0.1) is 5.02 Å². The second kappa shape index (κ2) is 6.19. The van der Waals surface area contributed by atoms with Crippen molar-refractivity contribution in [2.75, 3.05) is 6.54 Å². The summed E-state index contributed by atoms with van der Waals surface area (Å²) in [7, 11) is 0. The van der Waals surface area contributed by atoms with Crippen LogP contribution in [0.5, 0.6) is 0 Å². The second-order valence-electron chi connectivity index (χ2n) is 5.57. The lowest BCUT2D eigenvalue weighted by Gasteiger charge is -2.24. The monoisotopic (exact) mass is 274 g/mol. The van der Waals surface area contributed by atoms with Crippen molar-refractivity contribution >= 4 is 22.9 Å². The second-order valence-corrected chi connectivity index (χ2v) is 6.91. The lowest BCUT2D eigenvalue weighted by molar-refractivity contribution is 0.388. The van der Waals surface area contributed by atoms with E-state index in [2.05, 4.69) is 43.7 Å². The van der Waals surface area contributed by atoms with Crippen LogP contribution in [0.25, 0.3) is 0 Å². The average molecular weight is 275 g/mol. The Hall–Kier alpha value is -0.0900. The van der Waals surface area contributed by atoms with E-state index in [0.29, 0.717) is 6.04 Å². The molecule has 1 aromatic heterocycles. The highest BCUT2D eigenvalue weighted by Gasteiger charge is 2.12. The third-order valence-corrected chi connectivity index (χ3v) is 4.26. The number of nitrogens with one attached hydrogen (secondary N) is 2. The largest absolute Gasteiger partial charge is 0.311 e. The lowest BCUT2D eigenvalue weighted by Crippen LogP contribution is -2.44. The number of rotatable bonds is 5. The highest BCUT2D eigenvalue weighted by molar-refractivity contribution is 7.10. The summed E-state index contributed by atoms with van der Waals surface area (Å²) in [6.07, 6.45) is 0. The van der Waals surface area contributed by atoms with Crippen LogP contribution in [-0.4, -0.2) is 18.1 Å². The van der Waals surface area contributed by atoms with Crippen LogP contribution in [0.2, 0.25) is 5.02 Å². The molecular formula is C13H23ClN2S. The van der Waals surface area contributed by atoms with Gasteiger partial charge in [-0.1, -0.05) is 11.6 Å². The molecule has 0 aliphatic heterocycles. The third-order valence-electron chi connectivity index (χ3n) is 2.52. The summed E-state index contributed by atoms with van der Waals surface area (Å²) < 4.78 is 0. The molecular weight excluding hydrogens is 252 g/mol. The van der Waals surface area contributed by atoms with Gasteiger partial charge in [-0.25, -0.2) is 0 Å². The standard InChI is InChI=1S/C13H23ClN2S/c1-9-8-17-11(12(9)14)7-15-10(2)6-16-13(3,4)5/h8,10,15-16H,6-7H2,1-5H3. The zero-order chi connectivity index (χ0) is 13.1. The van der Waals surface area contributed by atoms with Crippen molar-refractivity contribution in [3.05, 3.63) is 20.8 Å². The van der Waals surface area contributed by atoms with E-state index >= 15 is 0 Å². The van der Waals surface area contributed by atoms with Gasteiger partial charge in [0.1, 0.15) is 0 Å². The van der Waals surface area contributed by atoms with Crippen molar-refractivity contribution in [1.82, 2.24) is 10.6 Å². The van der Waals surface area contributed by atoms with Gasteiger partial charge in [-0.15, -0.1) is 11.3 Å². The first-order valence-corrected chi connectivity index (χ1v) is 7.26. The molecule has 0 aromatic carbocycles. The Morgan fingerprint density at radius 2 is 2.06 bits per heavy atom. The van der Waals surface area contributed by atoms with Gasteiger partial charge >= 0.3 is 0 Å². The van der Waals surface area contributed by atoms with Gasteiger partial charge in [0, 0.05) is 29.5 Å². The molecule has 0 spiro atoms. The molecule has 98 valence electrons. The van der Waals surface area contributed by atoms with Gasteiger partial charge in [-0.3, -0.25) is 0 Å². The molecule has 0 aliphatic rings. The quantitative estimate of drug-likeness (QED) is 0.858. The minimum absolute atomic E-state index is 0.174. The number of hydrogen-bond donors (Lipinski definition) is 2. The Labute approximate surface area is 114 Å². The predicted molar refractivity (Wildman–Crippen MR) is 78.1 cm³/mol. The molecule has 0 fully saturated rings. The number of hydrogen-bond acceptors (Lipinski definition) is 3. The summed E-state index contributed by atoms with van der Waals surface area (Å²) in [5, 5.41) is 10.00. The van der Waals surface area contributed by atoms with E-state index in [1.165, 1.54) is 10.4 Å². The maximum atomic E-state index is 6.20. The van der Waals surface area contributed by atoms with Gasteiger partial charge in [-0.05, 0) is 45.6 Å². The molecule has 1 unspecified atom stereocenters. The molecule has 2 N–H and O–H groups in total. The number of halogens is 1. The Morgan fingerprint density at radius 1 is 1.41 bits per heavy atom. The van der Waals surface area contributed by atoms with Crippen molar-refractivity contribution in [1.29, 1.82) is 0 Å². The highest BCUT2D eigenvalue weighted by Crippen LogP contribution is 2.26. The molecule has 1 aromatic rings. The van der Waals surface area contributed by atoms with Gasteiger partial charge in [0.15, 0.2) is 0 Å². The Balaban J connectivity index is 2.33. The fourth-order valence-corrected chi connectivity index (χ4v) is 2.59. The van der Waals surface area contributed by atoms with Crippen molar-refractivity contribution in [2.45, 2.75) is 52.7 Å². The molecule has 2 nitrogen and oxygen atoms in total. The molecule has 0 saturated carbocycles. The average Bonchev–Trinajstić information content (AvgIpc) is 2.53. The van der Waals surface area contributed by atoms with E-state index < -0.39 is 0 Å². The molecule has 17 heavy (non-hydrogen) atoms. The highest BCUT2D eigenvalue weighted by atomic mass is 35.5. The van der Waals surface area contributed by atoms with E-state index in [9.17, 15) is 0 Å². The normalized spacial score (nSPS) is 14.0. The molecule has 0 radical (unpaired) electrons. The topological polar surface area (TPSA) is 24.1 Å². The number of thiophene rings is 1. The summed E-state index contributed by atoms with van der Waals surface area (Å²) in [6, 6.07) is 0.438. The third kappa shape index (κ3) is 5.38. The molecule has 4 heteroatoms. The zero-order valence-corrected chi connectivity index (χ0v) is 12.9. The van der Waals surface area contributed by atoms with Crippen LogP contribution < -0.4 is 10.6 Å². The SMILES string of the molecule is Cc1csc(CNC(C)CNC(C)(C)C)c1Cl. The molecule has 1 atom stereocenters. The van der Waals surface area contributed by atoms with Crippen LogP contribution in [0.4, 0.5) is 0 Å². The van der Waals surface area contributed by atoms with Crippen molar-refractivity contribution < 1.29 is 0 Å². The van der Waals surface area contributed by atoms with E-state index in [-0.39, 0.29) is 5.54 Å². The summed E-state index contributed by atoms with van der Waals surface area (Å²) in [6.45, 7) is 12.6. The summed E-state index contributed by atoms with van der Waals surface area (Å²) in [5.41, 5.74) is 1.35. The number of aryl methyl sites for hydroxylation is 1. The van der Waals surface area contributed by atoms with E-state index in [4.69, 9.17) is 11.6 Å². The molecule has 1 rings (SSSR count). The summed E-state index contributed by atoms with van der Waals surface area (Å²) in [5.74, 6) is 0. The first kappa shape index (κ1) is 15.0. The lowest BCUT2D eigenvalue weighted by atomic mass is 10.1. The Morgan fingerprint density at radius 3 is 2.53 bits per heavy atom. The Kier molecular flexibility index (Phi) is 5.45. The van der Waals surface area contributed by atoms with Crippen LogP contribution in [-0.2, 0) is 6.54 Å². The van der Waals surface area contributed by atoms with Crippen LogP contribution in [0.1, 0.15) is 38.1 Å². The first-order chi connectivity index (χ1) is 7.79. The fourth-order valence-electron chi connectivity index (χ4n) is 1.40. The van der Waals surface area contributed by atoms with Crippen molar-refractivity contribution in [3.8, 4) is 0 Å². The predicted octanol–water partition coefficient (Wildman–Crippen LogP) is 3.58. The van der Waals surface area contributed by atoms with Crippen molar-refractivity contribution in [3.63, 3.8) is 0 Å². The van der Waals surface area contributed by atoms with Gasteiger partial charge < -0.3 is 10.6 Å². The summed E-state index contributed by atoms with van der Waals surface area (Å²) >= 11 is 7.92. The first-order valence-electron chi connectivity index (χ1n) is 6.00. The van der Waals surface area contributed by atoms with Crippen LogP contribution in [0, 0.1) is 6.92 Å². The van der Waals surface area contributed by atoms with Gasteiger partial charge in [0.25, 0.3) is 0 Å². The molecule has 1 heterocycles. The van der Waals surface area contributed by atoms with Gasteiger partial charge in [0.2, 0.25) is 0 Å². The van der Waals surface area contributed by atoms with Crippen LogP contribution >= 0.6 is 22.9 Å². The maximum Gasteiger partial charge on any atom is 0.0587 e. The molecule has 0 saturated heterocycles. The van der Waals surface area contributed by atoms with Crippen molar-refractivity contribution in [2.24, 2.45) is 0 Å². The summed E-state index contributed by atoms with van der Waals surface area (Å²) in [4.78, 5) is 1.23. The zero-order valence-electron chi connectivity index (χ0n) is 11.4.